The molecular weight excluding hydrogens is 369 g/mol. The minimum atomic E-state index is -0.481. The largest absolute Gasteiger partial charge is 0.369 e. The van der Waals surface area contributed by atoms with E-state index in [0.29, 0.717) is 46.4 Å². The van der Waals surface area contributed by atoms with E-state index in [1.165, 1.54) is 6.07 Å². The first-order valence-corrected chi connectivity index (χ1v) is 10.4. The van der Waals surface area contributed by atoms with E-state index in [1.54, 1.807) is 26.0 Å². The number of rotatable bonds is 10. The quantitative estimate of drug-likeness (QED) is 0.456. The van der Waals surface area contributed by atoms with Gasteiger partial charge in [0.1, 0.15) is 11.6 Å². The van der Waals surface area contributed by atoms with Crippen LogP contribution in [0, 0.1) is 18.7 Å². The molecule has 2 unspecified atom stereocenters. The van der Waals surface area contributed by atoms with E-state index in [-0.39, 0.29) is 11.7 Å². The summed E-state index contributed by atoms with van der Waals surface area (Å²) in [5, 5.41) is 10.2. The number of amides is 1. The van der Waals surface area contributed by atoms with Gasteiger partial charge in [-0.2, -0.15) is 0 Å². The highest BCUT2D eigenvalue weighted by atomic mass is 19.1. The fraction of sp³-hybridized carbons (Fsp3) is 0.545. The van der Waals surface area contributed by atoms with Gasteiger partial charge < -0.3 is 21.7 Å². The first-order chi connectivity index (χ1) is 13.7. The summed E-state index contributed by atoms with van der Waals surface area (Å²) in [6.45, 7) is 11.5. The van der Waals surface area contributed by atoms with Crippen LogP contribution in [0.15, 0.2) is 18.2 Å². The van der Waals surface area contributed by atoms with E-state index in [1.807, 2.05) is 0 Å². The molecular formula is C22H34FN5O. The second-order valence-corrected chi connectivity index (χ2v) is 8.06. The maximum absolute atomic E-state index is 14.0. The third kappa shape index (κ3) is 6.65. The van der Waals surface area contributed by atoms with Crippen molar-refractivity contribution in [2.75, 3.05) is 18.4 Å². The van der Waals surface area contributed by atoms with Gasteiger partial charge >= 0.3 is 0 Å². The average molecular weight is 404 g/mol. The lowest BCUT2D eigenvalue weighted by Gasteiger charge is -2.20. The second-order valence-electron chi connectivity index (χ2n) is 8.06. The van der Waals surface area contributed by atoms with Crippen molar-refractivity contribution in [3.63, 3.8) is 0 Å². The number of aryl methyl sites for hydroxylation is 1. The Morgan fingerprint density at radius 2 is 1.97 bits per heavy atom. The van der Waals surface area contributed by atoms with Crippen molar-refractivity contribution in [2.45, 2.75) is 59.7 Å². The van der Waals surface area contributed by atoms with Gasteiger partial charge in [-0.3, -0.25) is 4.79 Å². The fourth-order valence-electron chi connectivity index (χ4n) is 3.12. The maximum Gasteiger partial charge on any atom is 0.256 e. The molecule has 29 heavy (non-hydrogen) atoms. The Hall–Kier alpha value is -2.25. The van der Waals surface area contributed by atoms with Crippen LogP contribution in [0.1, 0.15) is 56.5 Å². The number of nitrogens with zero attached hydrogens (tertiary/aromatic N) is 1. The van der Waals surface area contributed by atoms with Gasteiger partial charge in [0.05, 0.1) is 17.2 Å². The Morgan fingerprint density at radius 3 is 2.59 bits per heavy atom. The zero-order valence-electron chi connectivity index (χ0n) is 18.1. The molecule has 0 radical (unpaired) electrons. The standard InChI is InChI=1S/C22H34FN5O/c1-6-17(26-12-13(2)3)7-8-25-21-18(22(29)27-15(5)24)10-16-9-14(4)19(23)11-20(16)28-21/h9-11,13,15,17,26H,6-8,12,24H2,1-5H3,(H,25,28)(H,27,29). The first-order valence-electron chi connectivity index (χ1n) is 10.4. The Kier molecular flexibility index (Phi) is 8.34. The molecule has 2 aromatic rings. The maximum atomic E-state index is 14.0. The van der Waals surface area contributed by atoms with Crippen LogP contribution in [0.4, 0.5) is 10.2 Å². The zero-order valence-corrected chi connectivity index (χ0v) is 18.1. The Bertz CT molecular complexity index is 838. The van der Waals surface area contributed by atoms with Crippen LogP contribution in [-0.2, 0) is 0 Å². The van der Waals surface area contributed by atoms with E-state index in [2.05, 4.69) is 41.7 Å². The van der Waals surface area contributed by atoms with Crippen molar-refractivity contribution >= 4 is 22.6 Å². The van der Waals surface area contributed by atoms with Crippen molar-refractivity contribution in [1.82, 2.24) is 15.6 Å². The SMILES string of the molecule is CCC(CCNc1nc2cc(F)c(C)cc2cc1C(=O)NC(C)N)NCC(C)C. The van der Waals surface area contributed by atoms with Gasteiger partial charge in [0.25, 0.3) is 5.91 Å². The lowest BCUT2D eigenvalue weighted by Crippen LogP contribution is -2.39. The molecule has 0 aliphatic heterocycles. The summed E-state index contributed by atoms with van der Waals surface area (Å²) in [7, 11) is 0. The monoisotopic (exact) mass is 403 g/mol. The number of nitrogens with two attached hydrogens (primary N) is 1. The van der Waals surface area contributed by atoms with Gasteiger partial charge in [0.2, 0.25) is 0 Å². The molecule has 1 aromatic carbocycles. The van der Waals surface area contributed by atoms with Crippen LogP contribution < -0.4 is 21.7 Å². The number of fused-ring (bicyclic) bond motifs is 1. The van der Waals surface area contributed by atoms with Gasteiger partial charge in [0.15, 0.2) is 0 Å². The topological polar surface area (TPSA) is 92.1 Å². The lowest BCUT2D eigenvalue weighted by atomic mass is 10.1. The number of carbonyl (C=O) groups is 1. The summed E-state index contributed by atoms with van der Waals surface area (Å²) in [5.41, 5.74) is 7.16. The Morgan fingerprint density at radius 1 is 1.24 bits per heavy atom. The molecule has 1 heterocycles. The van der Waals surface area contributed by atoms with Crippen molar-refractivity contribution < 1.29 is 9.18 Å². The lowest BCUT2D eigenvalue weighted by molar-refractivity contribution is 0.0942. The van der Waals surface area contributed by atoms with Crippen molar-refractivity contribution in [2.24, 2.45) is 11.7 Å². The van der Waals surface area contributed by atoms with Gasteiger partial charge in [-0.1, -0.05) is 20.8 Å². The van der Waals surface area contributed by atoms with E-state index >= 15 is 0 Å². The van der Waals surface area contributed by atoms with E-state index < -0.39 is 6.17 Å². The summed E-state index contributed by atoms with van der Waals surface area (Å²) in [6, 6.07) is 5.23. The van der Waals surface area contributed by atoms with Crippen LogP contribution in [-0.4, -0.2) is 36.2 Å². The minimum absolute atomic E-state index is 0.302. The molecule has 7 heteroatoms. The molecule has 0 fully saturated rings. The van der Waals surface area contributed by atoms with Gasteiger partial charge in [-0.05, 0) is 56.8 Å². The Labute approximate surface area is 172 Å². The molecule has 0 aliphatic carbocycles. The summed E-state index contributed by atoms with van der Waals surface area (Å²) in [6.07, 6.45) is 1.42. The highest BCUT2D eigenvalue weighted by Crippen LogP contribution is 2.23. The third-order valence-corrected chi connectivity index (χ3v) is 4.79. The number of aromatic nitrogens is 1. The van der Waals surface area contributed by atoms with E-state index in [9.17, 15) is 9.18 Å². The fourth-order valence-corrected chi connectivity index (χ4v) is 3.12. The Balaban J connectivity index is 2.24. The molecule has 0 spiro atoms. The van der Waals surface area contributed by atoms with Gasteiger partial charge in [0, 0.05) is 24.0 Å². The number of anilines is 1. The zero-order chi connectivity index (χ0) is 21.6. The van der Waals surface area contributed by atoms with E-state index in [0.717, 1.165) is 19.4 Å². The van der Waals surface area contributed by atoms with Gasteiger partial charge in [-0.15, -0.1) is 0 Å². The molecule has 5 N–H and O–H groups in total. The van der Waals surface area contributed by atoms with Crippen LogP contribution in [0.2, 0.25) is 0 Å². The van der Waals surface area contributed by atoms with Crippen molar-refractivity contribution in [3.8, 4) is 0 Å². The van der Waals surface area contributed by atoms with Gasteiger partial charge in [-0.25, -0.2) is 9.37 Å². The first kappa shape index (κ1) is 23.0. The number of hydrogen-bond acceptors (Lipinski definition) is 5. The average Bonchev–Trinajstić information content (AvgIpc) is 2.64. The molecule has 1 aromatic heterocycles. The smallest absolute Gasteiger partial charge is 0.256 e. The molecule has 2 rings (SSSR count). The summed E-state index contributed by atoms with van der Waals surface area (Å²) in [4.78, 5) is 17.2. The molecule has 2 atom stereocenters. The number of halogens is 1. The van der Waals surface area contributed by atoms with E-state index in [4.69, 9.17) is 5.73 Å². The van der Waals surface area contributed by atoms with Crippen LogP contribution in [0.5, 0.6) is 0 Å². The number of pyridine rings is 1. The molecule has 0 saturated heterocycles. The number of carbonyl (C=O) groups excluding carboxylic acids is 1. The normalized spacial score (nSPS) is 13.5. The number of hydrogen-bond donors (Lipinski definition) is 4. The molecule has 1 amide bonds. The van der Waals surface area contributed by atoms with Crippen LogP contribution in [0.3, 0.4) is 0 Å². The molecule has 0 aliphatic rings. The van der Waals surface area contributed by atoms with Crippen molar-refractivity contribution in [3.05, 3.63) is 35.1 Å². The highest BCUT2D eigenvalue weighted by Gasteiger charge is 2.17. The number of nitrogens with one attached hydrogen (secondary N) is 3. The molecule has 0 bridgehead atoms. The van der Waals surface area contributed by atoms with Crippen LogP contribution >= 0.6 is 0 Å². The molecule has 160 valence electrons. The predicted octanol–water partition coefficient (Wildman–Crippen LogP) is 3.54. The summed E-state index contributed by atoms with van der Waals surface area (Å²) < 4.78 is 14.0. The summed E-state index contributed by atoms with van der Waals surface area (Å²) >= 11 is 0. The molecule has 6 nitrogen and oxygen atoms in total. The number of benzene rings is 1. The minimum Gasteiger partial charge on any atom is -0.369 e. The van der Waals surface area contributed by atoms with Crippen molar-refractivity contribution in [1.29, 1.82) is 0 Å². The summed E-state index contributed by atoms with van der Waals surface area (Å²) in [5.74, 6) is 0.417. The predicted molar refractivity (Wildman–Crippen MR) is 118 cm³/mol. The second kappa shape index (κ2) is 10.5. The highest BCUT2D eigenvalue weighted by molar-refractivity contribution is 6.02. The van der Waals surface area contributed by atoms with Crippen LogP contribution in [0.25, 0.3) is 10.9 Å². The molecule has 0 saturated carbocycles. The third-order valence-electron chi connectivity index (χ3n) is 4.79.